The minimum absolute atomic E-state index is 0.0316. The van der Waals surface area contributed by atoms with Crippen molar-refractivity contribution in [2.24, 2.45) is 27.5 Å². The van der Waals surface area contributed by atoms with Crippen LogP contribution in [0.25, 0.3) is 10.8 Å². The molecule has 1 heterocycles. The van der Waals surface area contributed by atoms with E-state index < -0.39 is 35.8 Å². The van der Waals surface area contributed by atoms with Crippen LogP contribution in [0.2, 0.25) is 0 Å². The number of carbonyl (C=O) groups excluding carboxylic acids is 1. The van der Waals surface area contributed by atoms with Crippen LogP contribution in [0.3, 0.4) is 0 Å². The normalized spacial score (nSPS) is 19.0. The minimum Gasteiger partial charge on any atom is -0.744 e. The zero-order valence-electron chi connectivity index (χ0n) is 29.5. The summed E-state index contributed by atoms with van der Waals surface area (Å²) in [5.41, 5.74) is 0.175. The van der Waals surface area contributed by atoms with Gasteiger partial charge >= 0.3 is 5.97 Å². The second kappa shape index (κ2) is 15.6. The van der Waals surface area contributed by atoms with Crippen LogP contribution in [0.5, 0.6) is 5.75 Å². The lowest BCUT2D eigenvalue weighted by Gasteiger charge is -2.26. The van der Waals surface area contributed by atoms with Gasteiger partial charge in [0.05, 0.1) is 55.2 Å². The molecule has 0 aromatic heterocycles. The van der Waals surface area contributed by atoms with Crippen LogP contribution in [0.4, 0.5) is 11.4 Å². The maximum Gasteiger partial charge on any atom is 0.311 e. The van der Waals surface area contributed by atoms with Crippen LogP contribution in [0, 0.1) is 31.1 Å². The largest absolute Gasteiger partial charge is 0.744 e. The Hall–Kier alpha value is -3.43. The van der Waals surface area contributed by atoms with Gasteiger partial charge in [-0.15, -0.1) is 5.11 Å². The first-order chi connectivity index (χ1) is 22.7. The fourth-order valence-electron chi connectivity index (χ4n) is 6.76. The molecule has 0 spiro atoms. The fraction of sp³-hybridized carbons (Fsp3) is 0.514. The van der Waals surface area contributed by atoms with Gasteiger partial charge < -0.3 is 23.4 Å². The van der Waals surface area contributed by atoms with E-state index in [4.69, 9.17) is 4.74 Å². The van der Waals surface area contributed by atoms with Crippen LogP contribution in [0.15, 0.2) is 62.5 Å². The molecular weight excluding hydrogens is 671 g/mol. The number of fused-ring (bicyclic) bond motifs is 1. The summed E-state index contributed by atoms with van der Waals surface area (Å²) in [6, 6.07) is 9.21. The molecule has 49 heavy (non-hydrogen) atoms. The van der Waals surface area contributed by atoms with E-state index in [2.05, 4.69) is 38.2 Å². The van der Waals surface area contributed by atoms with E-state index in [1.807, 2.05) is 6.92 Å². The second-order valence-corrected chi connectivity index (χ2v) is 16.5. The third kappa shape index (κ3) is 9.85. The van der Waals surface area contributed by atoms with Crippen molar-refractivity contribution < 1.29 is 45.1 Å². The predicted molar refractivity (Wildman–Crippen MR) is 185 cm³/mol. The SMILES string of the molecule is CCC1C[N+](C)(C)CC1CCCC(C)(CC)C(=O)OC.Cc1cc(C)c(S(=O)(=O)[O-])cc1N=Nc1cc(S(=O)(=O)[O-])c2ccccc2c1O. The maximum atomic E-state index is 11.9. The van der Waals surface area contributed by atoms with Gasteiger partial charge in [-0.25, -0.2) is 16.8 Å². The molecule has 0 bridgehead atoms. The van der Waals surface area contributed by atoms with Gasteiger partial charge in [-0.1, -0.05) is 50.6 Å². The van der Waals surface area contributed by atoms with Gasteiger partial charge in [0.2, 0.25) is 0 Å². The summed E-state index contributed by atoms with van der Waals surface area (Å²) < 4.78 is 75.1. The van der Waals surface area contributed by atoms with Crippen molar-refractivity contribution in [3.8, 4) is 5.75 Å². The smallest absolute Gasteiger partial charge is 0.311 e. The molecule has 3 atom stereocenters. The number of benzene rings is 3. The molecule has 0 amide bonds. The molecular formula is C35H48N3O9S2-. The van der Waals surface area contributed by atoms with Crippen molar-refractivity contribution in [3.05, 3.63) is 53.6 Å². The number of phenolic OH excluding ortho intramolecular Hbond substituents is 1. The molecule has 3 aromatic rings. The van der Waals surface area contributed by atoms with Crippen molar-refractivity contribution >= 4 is 48.4 Å². The topological polar surface area (TPSA) is 186 Å². The summed E-state index contributed by atoms with van der Waals surface area (Å²) in [4.78, 5) is 10.8. The quantitative estimate of drug-likeness (QED) is 0.0956. The Balaban J connectivity index is 0.000000286. The summed E-state index contributed by atoms with van der Waals surface area (Å²) in [7, 11) is -3.43. The van der Waals surface area contributed by atoms with E-state index in [0.29, 0.717) is 5.56 Å². The third-order valence-electron chi connectivity index (χ3n) is 9.67. The first kappa shape index (κ1) is 40.0. The fourth-order valence-corrected chi connectivity index (χ4v) is 8.17. The minimum atomic E-state index is -4.87. The van der Waals surface area contributed by atoms with Crippen LogP contribution in [-0.4, -0.2) is 75.8 Å². The zero-order valence-corrected chi connectivity index (χ0v) is 31.2. The molecule has 1 aliphatic heterocycles. The molecule has 0 saturated carbocycles. The van der Waals surface area contributed by atoms with E-state index in [1.54, 1.807) is 13.0 Å². The first-order valence-corrected chi connectivity index (χ1v) is 19.1. The first-order valence-electron chi connectivity index (χ1n) is 16.3. The van der Waals surface area contributed by atoms with E-state index in [9.17, 15) is 35.8 Å². The summed E-state index contributed by atoms with van der Waals surface area (Å²) >= 11 is 0. The molecule has 3 unspecified atom stereocenters. The highest BCUT2D eigenvalue weighted by Gasteiger charge is 2.39. The summed E-state index contributed by atoms with van der Waals surface area (Å²) in [5.74, 6) is 1.23. The number of carbonyl (C=O) groups is 1. The number of azo groups is 1. The number of aryl methyl sites for hydroxylation is 2. The summed E-state index contributed by atoms with van der Waals surface area (Å²) in [6.45, 7) is 12.1. The van der Waals surface area contributed by atoms with Crippen molar-refractivity contribution in [2.45, 2.75) is 76.5 Å². The second-order valence-electron chi connectivity index (χ2n) is 13.8. The van der Waals surface area contributed by atoms with Crippen molar-refractivity contribution in [1.82, 2.24) is 0 Å². The Kier molecular flexibility index (Phi) is 12.8. The van der Waals surface area contributed by atoms with Gasteiger partial charge in [0.25, 0.3) is 0 Å². The predicted octanol–water partition coefficient (Wildman–Crippen LogP) is 6.86. The summed E-state index contributed by atoms with van der Waals surface area (Å²) in [5, 5.41) is 18.2. The van der Waals surface area contributed by atoms with Gasteiger partial charge in [-0.3, -0.25) is 4.79 Å². The number of ether oxygens (including phenoxy) is 1. The van der Waals surface area contributed by atoms with Gasteiger partial charge in [-0.05, 0) is 69.7 Å². The number of quaternary nitrogens is 1. The van der Waals surface area contributed by atoms with E-state index >= 15 is 0 Å². The lowest BCUT2D eigenvalue weighted by Crippen LogP contribution is -2.37. The number of phenols is 1. The molecule has 3 aromatic carbocycles. The molecule has 4 rings (SSSR count). The Morgan fingerprint density at radius 1 is 0.918 bits per heavy atom. The number of esters is 1. The van der Waals surface area contributed by atoms with Crippen molar-refractivity contribution in [1.29, 1.82) is 0 Å². The standard InChI is InChI=1S/C18H16N2O7S2.C17H34NO2/c1-10-7-11(2)16(28(22,23)24)8-14(10)19-20-15-9-17(29(25,26)27)12-5-3-4-6-13(12)18(15)21;1-7-14-12-18(4,5)13-15(14)10-9-11-17(3,8-2)16(19)20-6/h3-9,21H,1-2H3,(H,22,23,24)(H,25,26,27);14-15H,7-13H2,1-6H3/q;+1/p-2. The Morgan fingerprint density at radius 3 is 2.02 bits per heavy atom. The molecule has 0 aliphatic carbocycles. The third-order valence-corrected chi connectivity index (χ3v) is 11.5. The highest BCUT2D eigenvalue weighted by atomic mass is 32.2. The Morgan fingerprint density at radius 2 is 1.47 bits per heavy atom. The van der Waals surface area contributed by atoms with Crippen LogP contribution in [0.1, 0.15) is 64.0 Å². The molecule has 1 fully saturated rings. The number of likely N-dealkylation sites (tertiary alicyclic amines) is 1. The number of hydrogen-bond donors (Lipinski definition) is 1. The average Bonchev–Trinajstić information content (AvgIpc) is 3.33. The monoisotopic (exact) mass is 718 g/mol. The van der Waals surface area contributed by atoms with E-state index in [0.717, 1.165) is 47.7 Å². The molecule has 12 nitrogen and oxygen atoms in total. The number of rotatable bonds is 11. The zero-order chi connectivity index (χ0) is 36.9. The van der Waals surface area contributed by atoms with Gasteiger partial charge in [0.1, 0.15) is 25.9 Å². The lowest BCUT2D eigenvalue weighted by molar-refractivity contribution is -0.880. The molecule has 1 aliphatic rings. The molecule has 270 valence electrons. The Bertz CT molecular complexity index is 1930. The van der Waals surface area contributed by atoms with E-state index in [-0.39, 0.29) is 39.1 Å². The average molecular weight is 719 g/mol. The molecule has 1 N–H and O–H groups in total. The number of nitrogens with zero attached hydrogens (tertiary/aromatic N) is 3. The number of methoxy groups -OCH3 is 1. The van der Waals surface area contributed by atoms with Crippen LogP contribution >= 0.6 is 0 Å². The molecule has 0 radical (unpaired) electrons. The van der Waals surface area contributed by atoms with Crippen LogP contribution in [-0.2, 0) is 29.8 Å². The van der Waals surface area contributed by atoms with E-state index in [1.165, 1.54) is 64.2 Å². The molecule has 1 saturated heterocycles. The maximum absolute atomic E-state index is 11.9. The lowest BCUT2D eigenvalue weighted by atomic mass is 9.80. The van der Waals surface area contributed by atoms with Gasteiger partial charge in [-0.2, -0.15) is 5.11 Å². The number of aromatic hydroxyl groups is 1. The highest BCUT2D eigenvalue weighted by molar-refractivity contribution is 7.86. The Labute approximate surface area is 290 Å². The van der Waals surface area contributed by atoms with Gasteiger partial charge in [0, 0.05) is 22.6 Å². The number of hydrogen-bond acceptors (Lipinski definition) is 11. The van der Waals surface area contributed by atoms with Crippen molar-refractivity contribution in [2.75, 3.05) is 34.3 Å². The van der Waals surface area contributed by atoms with Crippen molar-refractivity contribution in [3.63, 3.8) is 0 Å². The van der Waals surface area contributed by atoms with Crippen LogP contribution < -0.4 is 0 Å². The highest BCUT2D eigenvalue weighted by Crippen LogP contribution is 2.40. The molecule has 14 heteroatoms. The van der Waals surface area contributed by atoms with Gasteiger partial charge in [0.15, 0.2) is 5.75 Å². The summed E-state index contributed by atoms with van der Waals surface area (Å²) in [6.07, 6.45) is 5.50.